The van der Waals surface area contributed by atoms with Crippen LogP contribution in [0, 0.1) is 5.82 Å². The summed E-state index contributed by atoms with van der Waals surface area (Å²) in [5.74, 6) is 4.40. The molecule has 1 aromatic rings. The van der Waals surface area contributed by atoms with Crippen LogP contribution in [0.2, 0.25) is 5.02 Å². The number of hydrogen-bond acceptors (Lipinski definition) is 2. The summed E-state index contributed by atoms with van der Waals surface area (Å²) < 4.78 is 12.8. The van der Waals surface area contributed by atoms with E-state index in [2.05, 4.69) is 0 Å². The Morgan fingerprint density at radius 2 is 2.29 bits per heavy atom. The van der Waals surface area contributed by atoms with Crippen LogP contribution in [0.5, 0.6) is 0 Å². The normalized spacial score (nSPS) is 9.71. The van der Waals surface area contributed by atoms with Gasteiger partial charge < -0.3 is 0 Å². The first kappa shape index (κ1) is 10.7. The maximum absolute atomic E-state index is 12.8. The molecule has 14 heavy (non-hydrogen) atoms. The fourth-order valence-electron chi connectivity index (χ4n) is 0.908. The molecule has 0 aliphatic carbocycles. The average molecular weight is 218 g/mol. The predicted octanol–water partition coefficient (Wildman–Crippen LogP) is 1.50. The molecular weight excluding hydrogens is 209 g/mol. The highest BCUT2D eigenvalue weighted by atomic mass is 35.5. The predicted molar refractivity (Wildman–Crippen MR) is 52.5 cm³/mol. The maximum atomic E-state index is 12.8. The second-order valence-corrected chi connectivity index (χ2v) is 3.01. The van der Waals surface area contributed by atoms with E-state index in [1.807, 2.05) is 5.43 Å². The zero-order chi connectivity index (χ0) is 10.7. The van der Waals surface area contributed by atoms with Crippen LogP contribution >= 0.6 is 11.6 Å². The standard InChI is InChI=1S/C8H9ClFN3O/c1-13(8(14)12-11)5-2-3-7(10)6(9)4-5/h2-4H,11H2,1H3,(H,12,14). The van der Waals surface area contributed by atoms with E-state index in [9.17, 15) is 9.18 Å². The topological polar surface area (TPSA) is 58.4 Å². The zero-order valence-electron chi connectivity index (χ0n) is 7.42. The fourth-order valence-corrected chi connectivity index (χ4v) is 1.08. The lowest BCUT2D eigenvalue weighted by atomic mass is 10.3. The Bertz CT molecular complexity index is 358. The number of carbonyl (C=O) groups excluding carboxylic acids is 1. The lowest BCUT2D eigenvalue weighted by molar-refractivity contribution is 0.247. The first-order valence-electron chi connectivity index (χ1n) is 3.75. The third-order valence-corrected chi connectivity index (χ3v) is 2.01. The van der Waals surface area contributed by atoms with Gasteiger partial charge in [-0.2, -0.15) is 0 Å². The number of urea groups is 1. The number of halogens is 2. The van der Waals surface area contributed by atoms with Crippen LogP contribution in [-0.4, -0.2) is 13.1 Å². The van der Waals surface area contributed by atoms with Crippen molar-refractivity contribution in [3.8, 4) is 0 Å². The quantitative estimate of drug-likeness (QED) is 0.426. The van der Waals surface area contributed by atoms with E-state index in [4.69, 9.17) is 17.4 Å². The van der Waals surface area contributed by atoms with E-state index in [0.29, 0.717) is 5.69 Å². The molecule has 0 spiro atoms. The molecule has 0 unspecified atom stereocenters. The summed E-state index contributed by atoms with van der Waals surface area (Å²) in [6.45, 7) is 0. The van der Waals surface area contributed by atoms with Crippen molar-refractivity contribution < 1.29 is 9.18 Å². The highest BCUT2D eigenvalue weighted by Crippen LogP contribution is 2.21. The van der Waals surface area contributed by atoms with Gasteiger partial charge in [0.25, 0.3) is 0 Å². The van der Waals surface area contributed by atoms with Crippen LogP contribution in [0.25, 0.3) is 0 Å². The van der Waals surface area contributed by atoms with Crippen LogP contribution in [0.3, 0.4) is 0 Å². The number of nitrogens with one attached hydrogen (secondary N) is 1. The number of amides is 2. The zero-order valence-corrected chi connectivity index (χ0v) is 8.18. The molecule has 0 radical (unpaired) electrons. The first-order valence-corrected chi connectivity index (χ1v) is 4.13. The van der Waals surface area contributed by atoms with Crippen LogP contribution in [-0.2, 0) is 0 Å². The van der Waals surface area contributed by atoms with Crippen molar-refractivity contribution in [3.63, 3.8) is 0 Å². The maximum Gasteiger partial charge on any atom is 0.335 e. The molecule has 0 saturated carbocycles. The SMILES string of the molecule is CN(C(=O)NN)c1ccc(F)c(Cl)c1. The molecule has 4 nitrogen and oxygen atoms in total. The molecule has 0 aliphatic heterocycles. The Morgan fingerprint density at radius 1 is 1.64 bits per heavy atom. The smallest absolute Gasteiger partial charge is 0.296 e. The van der Waals surface area contributed by atoms with Crippen molar-refractivity contribution in [3.05, 3.63) is 29.0 Å². The molecule has 0 saturated heterocycles. The fraction of sp³-hybridized carbons (Fsp3) is 0.125. The van der Waals surface area contributed by atoms with Crippen LogP contribution in [0.15, 0.2) is 18.2 Å². The van der Waals surface area contributed by atoms with Gasteiger partial charge in [0.1, 0.15) is 5.82 Å². The third kappa shape index (κ3) is 2.12. The third-order valence-electron chi connectivity index (χ3n) is 1.72. The van der Waals surface area contributed by atoms with Gasteiger partial charge >= 0.3 is 6.03 Å². The Hall–Kier alpha value is -1.33. The Morgan fingerprint density at radius 3 is 2.79 bits per heavy atom. The minimum atomic E-state index is -0.531. The van der Waals surface area contributed by atoms with Gasteiger partial charge in [-0.05, 0) is 18.2 Å². The van der Waals surface area contributed by atoms with Crippen LogP contribution in [0.1, 0.15) is 0 Å². The number of hydrogen-bond donors (Lipinski definition) is 2. The van der Waals surface area contributed by atoms with Gasteiger partial charge in [0, 0.05) is 12.7 Å². The molecule has 0 fully saturated rings. The minimum Gasteiger partial charge on any atom is -0.296 e. The molecule has 0 bridgehead atoms. The molecular formula is C8H9ClFN3O. The van der Waals surface area contributed by atoms with Crippen molar-refractivity contribution in [2.45, 2.75) is 0 Å². The summed E-state index contributed by atoms with van der Waals surface area (Å²) >= 11 is 5.54. The van der Waals surface area contributed by atoms with Crippen LogP contribution in [0.4, 0.5) is 14.9 Å². The van der Waals surface area contributed by atoms with Gasteiger partial charge in [-0.15, -0.1) is 0 Å². The lowest BCUT2D eigenvalue weighted by Gasteiger charge is -2.16. The average Bonchev–Trinajstić information content (AvgIpc) is 2.20. The molecule has 1 aromatic carbocycles. The molecule has 1 rings (SSSR count). The number of benzene rings is 1. The number of rotatable bonds is 1. The Kier molecular flexibility index (Phi) is 3.27. The second-order valence-electron chi connectivity index (χ2n) is 2.61. The number of hydrazine groups is 1. The van der Waals surface area contributed by atoms with E-state index in [1.165, 1.54) is 30.1 Å². The van der Waals surface area contributed by atoms with Gasteiger partial charge in [0.05, 0.1) is 5.02 Å². The van der Waals surface area contributed by atoms with Crippen molar-refractivity contribution >= 4 is 23.3 Å². The number of carbonyl (C=O) groups is 1. The summed E-state index contributed by atoms with van der Waals surface area (Å²) in [6, 6.07) is 3.44. The van der Waals surface area contributed by atoms with Crippen molar-refractivity contribution in [1.82, 2.24) is 5.43 Å². The summed E-state index contributed by atoms with van der Waals surface area (Å²) in [5.41, 5.74) is 2.41. The molecule has 2 amide bonds. The summed E-state index contributed by atoms with van der Waals surface area (Å²) in [6.07, 6.45) is 0. The van der Waals surface area contributed by atoms with Crippen molar-refractivity contribution in [1.29, 1.82) is 0 Å². The van der Waals surface area contributed by atoms with E-state index in [-0.39, 0.29) is 5.02 Å². The van der Waals surface area contributed by atoms with Gasteiger partial charge in [0.15, 0.2) is 0 Å². The summed E-state index contributed by atoms with van der Waals surface area (Å²) in [4.78, 5) is 12.3. The molecule has 0 aromatic heterocycles. The van der Waals surface area contributed by atoms with Gasteiger partial charge in [0.2, 0.25) is 0 Å². The monoisotopic (exact) mass is 217 g/mol. The van der Waals surface area contributed by atoms with Crippen molar-refractivity contribution in [2.24, 2.45) is 5.84 Å². The van der Waals surface area contributed by atoms with E-state index < -0.39 is 11.8 Å². The first-order chi connectivity index (χ1) is 6.56. The molecule has 0 atom stereocenters. The highest BCUT2D eigenvalue weighted by molar-refractivity contribution is 6.31. The Labute approximate surface area is 85.4 Å². The number of anilines is 1. The minimum absolute atomic E-state index is 0.0424. The summed E-state index contributed by atoms with van der Waals surface area (Å²) in [7, 11) is 1.49. The number of nitrogens with zero attached hydrogens (tertiary/aromatic N) is 1. The molecule has 3 N–H and O–H groups in total. The van der Waals surface area contributed by atoms with Crippen LogP contribution < -0.4 is 16.2 Å². The van der Waals surface area contributed by atoms with E-state index in [0.717, 1.165) is 0 Å². The lowest BCUT2D eigenvalue weighted by Crippen LogP contribution is -2.41. The van der Waals surface area contributed by atoms with E-state index in [1.54, 1.807) is 0 Å². The largest absolute Gasteiger partial charge is 0.335 e. The Balaban J connectivity index is 2.96. The summed E-state index contributed by atoms with van der Waals surface area (Å²) in [5, 5.41) is -0.0424. The van der Waals surface area contributed by atoms with Gasteiger partial charge in [-0.1, -0.05) is 11.6 Å². The molecule has 0 heterocycles. The highest BCUT2D eigenvalue weighted by Gasteiger charge is 2.10. The van der Waals surface area contributed by atoms with E-state index >= 15 is 0 Å². The molecule has 76 valence electrons. The van der Waals surface area contributed by atoms with Gasteiger partial charge in [-0.3, -0.25) is 10.3 Å². The molecule has 0 aliphatic rings. The molecule has 6 heteroatoms. The van der Waals surface area contributed by atoms with Gasteiger partial charge in [-0.25, -0.2) is 15.0 Å². The van der Waals surface area contributed by atoms with Crippen molar-refractivity contribution in [2.75, 3.05) is 11.9 Å². The second kappa shape index (κ2) is 4.26. The number of nitrogens with two attached hydrogens (primary N) is 1.